The molecule has 2 fully saturated rings. The van der Waals surface area contributed by atoms with Gasteiger partial charge in [0.05, 0.1) is 0 Å². The molecule has 0 spiro atoms. The number of amides is 4. The molecule has 160 valence electrons. The van der Waals surface area contributed by atoms with E-state index in [0.29, 0.717) is 32.5 Å². The van der Waals surface area contributed by atoms with E-state index in [-0.39, 0.29) is 17.7 Å². The topological polar surface area (TPSA) is 111 Å². The number of hydrogen-bond donors (Lipinski definition) is 2. The van der Waals surface area contributed by atoms with Crippen LogP contribution < -0.4 is 11.1 Å². The van der Waals surface area contributed by atoms with Crippen molar-refractivity contribution in [3.8, 4) is 0 Å². The molecule has 9 heteroatoms. The Morgan fingerprint density at radius 2 is 1.90 bits per heavy atom. The third-order valence-electron chi connectivity index (χ3n) is 6.23. The first-order valence-electron chi connectivity index (χ1n) is 10.5. The zero-order chi connectivity index (χ0) is 21.3. The van der Waals surface area contributed by atoms with E-state index < -0.39 is 18.2 Å². The second-order valence-electron chi connectivity index (χ2n) is 8.14. The molecular formula is C21H28N6O3. The summed E-state index contributed by atoms with van der Waals surface area (Å²) in [7, 11) is 1.66. The Morgan fingerprint density at radius 1 is 1.20 bits per heavy atom. The Kier molecular flexibility index (Phi) is 5.61. The van der Waals surface area contributed by atoms with Crippen molar-refractivity contribution in [2.24, 2.45) is 16.6 Å². The van der Waals surface area contributed by atoms with Crippen LogP contribution in [0.4, 0.5) is 4.79 Å². The number of likely N-dealkylation sites (N-methyl/N-ethyl adjacent to an activating group) is 1. The van der Waals surface area contributed by atoms with Gasteiger partial charge >= 0.3 is 6.03 Å². The third-order valence-corrected chi connectivity index (χ3v) is 6.23. The molecule has 0 saturated carbocycles. The second kappa shape index (κ2) is 8.33. The van der Waals surface area contributed by atoms with Crippen molar-refractivity contribution >= 4 is 23.8 Å². The van der Waals surface area contributed by atoms with Gasteiger partial charge in [-0.15, -0.1) is 0 Å². The predicted molar refractivity (Wildman–Crippen MR) is 111 cm³/mol. The van der Waals surface area contributed by atoms with Crippen molar-refractivity contribution in [1.82, 2.24) is 20.0 Å². The Balaban J connectivity index is 1.51. The molecule has 30 heavy (non-hydrogen) atoms. The van der Waals surface area contributed by atoms with Gasteiger partial charge in [-0.2, -0.15) is 0 Å². The van der Waals surface area contributed by atoms with E-state index in [1.165, 1.54) is 10.5 Å². The van der Waals surface area contributed by atoms with Crippen molar-refractivity contribution in [3.63, 3.8) is 0 Å². The maximum Gasteiger partial charge on any atom is 0.325 e. The van der Waals surface area contributed by atoms with Gasteiger partial charge in [0, 0.05) is 32.6 Å². The van der Waals surface area contributed by atoms with Gasteiger partial charge in [-0.1, -0.05) is 30.3 Å². The molecule has 0 bridgehead atoms. The third kappa shape index (κ3) is 3.83. The second-order valence-corrected chi connectivity index (χ2v) is 8.14. The van der Waals surface area contributed by atoms with Crippen LogP contribution in [-0.2, 0) is 16.0 Å². The molecule has 0 aliphatic carbocycles. The number of guanidine groups is 1. The fraction of sp³-hybridized carbons (Fsp3) is 0.524. The van der Waals surface area contributed by atoms with Crippen LogP contribution in [0.2, 0.25) is 0 Å². The van der Waals surface area contributed by atoms with Gasteiger partial charge in [0.2, 0.25) is 5.91 Å². The van der Waals surface area contributed by atoms with Crippen LogP contribution in [0.5, 0.6) is 0 Å². The highest BCUT2D eigenvalue weighted by Gasteiger charge is 2.49. The molecule has 0 aromatic heterocycles. The minimum Gasteiger partial charge on any atom is -0.369 e. The Morgan fingerprint density at radius 3 is 2.57 bits per heavy atom. The summed E-state index contributed by atoms with van der Waals surface area (Å²) in [5.41, 5.74) is 6.71. The molecule has 0 radical (unpaired) electrons. The highest BCUT2D eigenvalue weighted by Crippen LogP contribution is 2.28. The van der Waals surface area contributed by atoms with Crippen LogP contribution in [0.1, 0.15) is 24.8 Å². The van der Waals surface area contributed by atoms with Crippen LogP contribution in [0.15, 0.2) is 35.3 Å². The lowest BCUT2D eigenvalue weighted by molar-refractivity contribution is -0.127. The maximum absolute atomic E-state index is 12.7. The molecule has 3 N–H and O–H groups in total. The molecule has 3 aliphatic heterocycles. The molecule has 3 heterocycles. The summed E-state index contributed by atoms with van der Waals surface area (Å²) < 4.78 is 0. The minimum absolute atomic E-state index is 0.121. The van der Waals surface area contributed by atoms with E-state index in [0.717, 1.165) is 18.8 Å². The first kappa shape index (κ1) is 20.2. The predicted octanol–water partition coefficient (Wildman–Crippen LogP) is 0.364. The number of urea groups is 1. The van der Waals surface area contributed by atoms with E-state index in [9.17, 15) is 14.4 Å². The van der Waals surface area contributed by atoms with E-state index in [2.05, 4.69) is 22.3 Å². The number of carbonyl (C=O) groups excluding carboxylic acids is 3. The largest absolute Gasteiger partial charge is 0.369 e. The van der Waals surface area contributed by atoms with E-state index in [1.807, 2.05) is 23.1 Å². The fourth-order valence-corrected chi connectivity index (χ4v) is 4.48. The van der Waals surface area contributed by atoms with Crippen molar-refractivity contribution in [2.45, 2.75) is 37.9 Å². The molecule has 1 aromatic rings. The summed E-state index contributed by atoms with van der Waals surface area (Å²) >= 11 is 0. The quantitative estimate of drug-likeness (QED) is 0.726. The van der Waals surface area contributed by atoms with Gasteiger partial charge in [-0.25, -0.2) is 9.79 Å². The first-order chi connectivity index (χ1) is 14.5. The van der Waals surface area contributed by atoms with Crippen LogP contribution >= 0.6 is 0 Å². The number of benzene rings is 1. The molecule has 3 aliphatic rings. The van der Waals surface area contributed by atoms with E-state index in [4.69, 9.17) is 10.7 Å². The van der Waals surface area contributed by atoms with Crippen molar-refractivity contribution in [1.29, 1.82) is 0 Å². The first-order valence-corrected chi connectivity index (χ1v) is 10.5. The molecule has 2 atom stereocenters. The Hall–Kier alpha value is -3.10. The smallest absolute Gasteiger partial charge is 0.325 e. The number of aliphatic imine (C=N–C) groups is 1. The van der Waals surface area contributed by atoms with Crippen LogP contribution in [0, 0.1) is 5.92 Å². The lowest BCUT2D eigenvalue weighted by Crippen LogP contribution is -2.64. The summed E-state index contributed by atoms with van der Waals surface area (Å²) in [6, 6.07) is 9.26. The lowest BCUT2D eigenvalue weighted by Gasteiger charge is -2.39. The monoisotopic (exact) mass is 412 g/mol. The summed E-state index contributed by atoms with van der Waals surface area (Å²) in [5.74, 6) is 0.0389. The van der Waals surface area contributed by atoms with Crippen molar-refractivity contribution in [2.75, 3.05) is 26.7 Å². The number of likely N-dealkylation sites (tertiary alicyclic amines) is 1. The van der Waals surface area contributed by atoms with Crippen LogP contribution in [0.3, 0.4) is 0 Å². The molecule has 1 aromatic carbocycles. The summed E-state index contributed by atoms with van der Waals surface area (Å²) in [6.45, 7) is 1.96. The van der Waals surface area contributed by atoms with Gasteiger partial charge in [-0.05, 0) is 31.2 Å². The number of aryl methyl sites for hydroxylation is 1. The van der Waals surface area contributed by atoms with E-state index >= 15 is 0 Å². The maximum atomic E-state index is 12.7. The Labute approximate surface area is 175 Å². The number of primary amides is 1. The number of carbonyl (C=O) groups is 3. The number of nitrogens with one attached hydrogen (secondary N) is 1. The summed E-state index contributed by atoms with van der Waals surface area (Å²) in [5, 5.41) is 2.44. The lowest BCUT2D eigenvalue weighted by atomic mass is 9.96. The van der Waals surface area contributed by atoms with Gasteiger partial charge in [0.25, 0.3) is 5.91 Å². The van der Waals surface area contributed by atoms with Crippen molar-refractivity contribution < 1.29 is 14.4 Å². The highest BCUT2D eigenvalue weighted by molar-refractivity contribution is 6.03. The van der Waals surface area contributed by atoms with E-state index in [1.54, 1.807) is 7.05 Å². The molecule has 4 amide bonds. The van der Waals surface area contributed by atoms with Gasteiger partial charge < -0.3 is 20.4 Å². The van der Waals surface area contributed by atoms with Gasteiger partial charge in [-0.3, -0.25) is 14.9 Å². The highest BCUT2D eigenvalue weighted by atomic mass is 16.2. The van der Waals surface area contributed by atoms with Gasteiger partial charge in [0.15, 0.2) is 18.2 Å². The van der Waals surface area contributed by atoms with Gasteiger partial charge in [0.1, 0.15) is 0 Å². The standard InChI is InChI=1S/C21H28N6O3/c1-25-18-16(19(29)24-21(25)30)27(11-5-8-14-6-3-2-4-7-14)20(23-18)26-12-9-15(10-13-26)17(22)28/h2-4,6-7,15-16,18H,5,8-13H2,1H3,(H2,22,28)(H,24,29,30). The number of nitrogens with zero attached hydrogens (tertiary/aromatic N) is 4. The fourth-order valence-electron chi connectivity index (χ4n) is 4.48. The normalized spacial score (nSPS) is 24.6. The molecule has 4 rings (SSSR count). The molecule has 9 nitrogen and oxygen atoms in total. The SMILES string of the molecule is CN1C(=O)NC(=O)C2C1N=C(N1CCC(C(N)=O)CC1)N2CCCc1ccccc1. The average molecular weight is 412 g/mol. The molecule has 2 unspecified atom stereocenters. The number of imide groups is 1. The Bertz CT molecular complexity index is 850. The van der Waals surface area contributed by atoms with Crippen LogP contribution in [-0.4, -0.2) is 77.4 Å². The summed E-state index contributed by atoms with van der Waals surface area (Å²) in [4.78, 5) is 46.7. The molecule has 2 saturated heterocycles. The van der Waals surface area contributed by atoms with Crippen molar-refractivity contribution in [3.05, 3.63) is 35.9 Å². The van der Waals surface area contributed by atoms with Crippen LogP contribution in [0.25, 0.3) is 0 Å². The summed E-state index contributed by atoms with van der Waals surface area (Å²) in [6.07, 6.45) is 2.55. The molecular weight excluding hydrogens is 384 g/mol. The number of piperidine rings is 1. The minimum atomic E-state index is -0.535. The number of hydrogen-bond acceptors (Lipinski definition) is 6. The zero-order valence-electron chi connectivity index (χ0n) is 17.2. The zero-order valence-corrected chi connectivity index (χ0v) is 17.2. The number of rotatable bonds is 5. The number of nitrogens with two attached hydrogens (primary N) is 1. The average Bonchev–Trinajstić information content (AvgIpc) is 3.13. The number of fused-ring (bicyclic) bond motifs is 1.